The van der Waals surface area contributed by atoms with Crippen LogP contribution in [0.15, 0.2) is 64.2 Å². The minimum atomic E-state index is -3.59. The van der Waals surface area contributed by atoms with E-state index in [2.05, 4.69) is 11.4 Å². The second kappa shape index (κ2) is 8.39. The van der Waals surface area contributed by atoms with Gasteiger partial charge in [0.05, 0.1) is 11.7 Å². The molecule has 3 rings (SSSR count). The van der Waals surface area contributed by atoms with Gasteiger partial charge in [-0.2, -0.15) is 0 Å². The molecule has 0 saturated carbocycles. The van der Waals surface area contributed by atoms with Crippen LogP contribution in [0.1, 0.15) is 40.0 Å². The van der Waals surface area contributed by atoms with Gasteiger partial charge < -0.3 is 5.32 Å². The number of aryl methyl sites for hydroxylation is 2. The van der Waals surface area contributed by atoms with E-state index in [-0.39, 0.29) is 16.2 Å². The first-order valence-corrected chi connectivity index (χ1v) is 11.5. The number of nitrogens with zero attached hydrogens (tertiary/aromatic N) is 1. The molecule has 0 bridgehead atoms. The summed E-state index contributed by atoms with van der Waals surface area (Å²) in [6, 6.07) is 15.9. The zero-order chi connectivity index (χ0) is 21.2. The van der Waals surface area contributed by atoms with Crippen LogP contribution in [0.5, 0.6) is 0 Å². The van der Waals surface area contributed by atoms with E-state index in [1.54, 1.807) is 41.8 Å². The van der Waals surface area contributed by atoms with Gasteiger partial charge in [-0.15, -0.1) is 11.3 Å². The van der Waals surface area contributed by atoms with E-state index in [4.69, 9.17) is 0 Å². The average Bonchev–Trinajstić information content (AvgIpc) is 3.23. The molecule has 0 radical (unpaired) electrons. The summed E-state index contributed by atoms with van der Waals surface area (Å²) < 4.78 is 26.8. The highest BCUT2D eigenvalue weighted by Gasteiger charge is 2.22. The number of thiophene rings is 1. The number of amides is 1. The zero-order valence-corrected chi connectivity index (χ0v) is 18.5. The monoisotopic (exact) mass is 428 g/mol. The first kappa shape index (κ1) is 21.1. The predicted octanol–water partition coefficient (Wildman–Crippen LogP) is 4.68. The number of carbonyl (C=O) groups is 1. The molecule has 0 fully saturated rings. The number of carbonyl (C=O) groups excluding carboxylic acids is 1. The van der Waals surface area contributed by atoms with E-state index in [0.29, 0.717) is 11.3 Å². The van der Waals surface area contributed by atoms with Gasteiger partial charge in [0.2, 0.25) is 0 Å². The lowest BCUT2D eigenvalue weighted by molar-refractivity contribution is 0.0940. The first-order chi connectivity index (χ1) is 13.7. The average molecular weight is 429 g/mol. The Hall–Kier alpha value is -2.64. The molecule has 0 aliphatic carbocycles. The molecule has 0 aliphatic heterocycles. The van der Waals surface area contributed by atoms with Crippen LogP contribution in [0.25, 0.3) is 0 Å². The third-order valence-electron chi connectivity index (χ3n) is 4.84. The fourth-order valence-electron chi connectivity index (χ4n) is 3.18. The van der Waals surface area contributed by atoms with Gasteiger partial charge in [0.25, 0.3) is 15.9 Å². The standard InChI is InChI=1S/C22H24N2O3S2/c1-15-7-12-20(16(2)14-15)17(3)23-22(25)18-8-10-19(11-9-18)24(4)29(26,27)21-6-5-13-28-21/h5-14,17H,1-4H3,(H,23,25)/t17-/m0/s1. The second-order valence-corrected chi connectivity index (χ2v) is 10.2. The Morgan fingerprint density at radius 1 is 1.07 bits per heavy atom. The van der Waals surface area contributed by atoms with Gasteiger partial charge in [0, 0.05) is 12.6 Å². The number of sulfonamides is 1. The van der Waals surface area contributed by atoms with Gasteiger partial charge in [-0.05, 0) is 67.6 Å². The fourth-order valence-corrected chi connectivity index (χ4v) is 5.53. The van der Waals surface area contributed by atoms with Crippen molar-refractivity contribution in [1.82, 2.24) is 5.32 Å². The zero-order valence-electron chi connectivity index (χ0n) is 16.8. The number of nitrogens with one attached hydrogen (secondary N) is 1. The summed E-state index contributed by atoms with van der Waals surface area (Å²) in [5.74, 6) is -0.201. The maximum Gasteiger partial charge on any atom is 0.273 e. The topological polar surface area (TPSA) is 66.5 Å². The lowest BCUT2D eigenvalue weighted by Gasteiger charge is -2.19. The Morgan fingerprint density at radius 3 is 2.34 bits per heavy atom. The molecule has 0 aliphatic rings. The molecule has 0 saturated heterocycles. The van der Waals surface area contributed by atoms with E-state index in [1.807, 2.05) is 32.9 Å². The smallest absolute Gasteiger partial charge is 0.273 e. The molecule has 1 heterocycles. The number of rotatable bonds is 6. The lowest BCUT2D eigenvalue weighted by Crippen LogP contribution is -2.28. The molecule has 1 amide bonds. The summed E-state index contributed by atoms with van der Waals surface area (Å²) in [5.41, 5.74) is 4.36. The minimum Gasteiger partial charge on any atom is -0.346 e. The molecule has 0 spiro atoms. The molecule has 1 aromatic heterocycles. The van der Waals surface area contributed by atoms with Crippen molar-refractivity contribution in [2.24, 2.45) is 0 Å². The number of anilines is 1. The lowest BCUT2D eigenvalue weighted by atomic mass is 10.00. The van der Waals surface area contributed by atoms with Gasteiger partial charge in [-0.25, -0.2) is 8.42 Å². The fraction of sp³-hybridized carbons (Fsp3) is 0.227. The van der Waals surface area contributed by atoms with Gasteiger partial charge >= 0.3 is 0 Å². The number of hydrogen-bond acceptors (Lipinski definition) is 4. The molecule has 1 N–H and O–H groups in total. The van der Waals surface area contributed by atoms with Crippen LogP contribution < -0.4 is 9.62 Å². The maximum absolute atomic E-state index is 12.6. The van der Waals surface area contributed by atoms with E-state index < -0.39 is 10.0 Å². The van der Waals surface area contributed by atoms with Crippen molar-refractivity contribution >= 4 is 33.0 Å². The summed E-state index contributed by atoms with van der Waals surface area (Å²) in [6.07, 6.45) is 0. The SMILES string of the molecule is Cc1ccc([C@H](C)NC(=O)c2ccc(N(C)S(=O)(=O)c3cccs3)cc2)c(C)c1. The van der Waals surface area contributed by atoms with Gasteiger partial charge in [0.1, 0.15) is 4.21 Å². The van der Waals surface area contributed by atoms with Crippen molar-refractivity contribution < 1.29 is 13.2 Å². The number of benzene rings is 2. The Bertz CT molecular complexity index is 1110. The van der Waals surface area contributed by atoms with Gasteiger partial charge in [0.15, 0.2) is 0 Å². The summed E-state index contributed by atoms with van der Waals surface area (Å²) in [7, 11) is -2.09. The minimum absolute atomic E-state index is 0.135. The molecule has 1 atom stereocenters. The second-order valence-electron chi connectivity index (χ2n) is 7.01. The summed E-state index contributed by atoms with van der Waals surface area (Å²) in [6.45, 7) is 6.02. The van der Waals surface area contributed by atoms with Crippen molar-refractivity contribution in [1.29, 1.82) is 0 Å². The Kier molecular flexibility index (Phi) is 6.10. The Labute approximate surface area is 176 Å². The van der Waals surface area contributed by atoms with E-state index in [9.17, 15) is 13.2 Å². The summed E-state index contributed by atoms with van der Waals surface area (Å²) >= 11 is 1.17. The van der Waals surface area contributed by atoms with Gasteiger partial charge in [-0.3, -0.25) is 9.10 Å². The molecule has 0 unspecified atom stereocenters. The summed E-state index contributed by atoms with van der Waals surface area (Å²) in [4.78, 5) is 12.6. The molecule has 2 aromatic carbocycles. The highest BCUT2D eigenvalue weighted by Crippen LogP contribution is 2.25. The number of hydrogen-bond donors (Lipinski definition) is 1. The van der Waals surface area contributed by atoms with Crippen molar-refractivity contribution in [3.05, 3.63) is 82.2 Å². The van der Waals surface area contributed by atoms with E-state index in [1.165, 1.54) is 28.3 Å². The highest BCUT2D eigenvalue weighted by molar-refractivity contribution is 7.94. The Balaban J connectivity index is 1.73. The van der Waals surface area contributed by atoms with Crippen LogP contribution in [0, 0.1) is 13.8 Å². The first-order valence-electron chi connectivity index (χ1n) is 9.20. The molecular weight excluding hydrogens is 404 g/mol. The summed E-state index contributed by atoms with van der Waals surface area (Å²) in [5, 5.41) is 4.73. The van der Waals surface area contributed by atoms with Crippen LogP contribution in [-0.4, -0.2) is 21.4 Å². The van der Waals surface area contributed by atoms with Crippen molar-refractivity contribution in [3.63, 3.8) is 0 Å². The molecule has 5 nitrogen and oxygen atoms in total. The normalized spacial score (nSPS) is 12.4. The molecule has 7 heteroatoms. The molecule has 29 heavy (non-hydrogen) atoms. The Morgan fingerprint density at radius 2 is 1.76 bits per heavy atom. The predicted molar refractivity (Wildman–Crippen MR) is 118 cm³/mol. The molecular formula is C22H24N2O3S2. The maximum atomic E-state index is 12.6. The van der Waals surface area contributed by atoms with E-state index in [0.717, 1.165) is 11.1 Å². The van der Waals surface area contributed by atoms with Crippen LogP contribution in [0.4, 0.5) is 5.69 Å². The van der Waals surface area contributed by atoms with Crippen LogP contribution in [0.2, 0.25) is 0 Å². The third kappa shape index (κ3) is 4.52. The quantitative estimate of drug-likeness (QED) is 0.620. The van der Waals surface area contributed by atoms with Crippen molar-refractivity contribution in [2.45, 2.75) is 31.0 Å². The van der Waals surface area contributed by atoms with Crippen LogP contribution >= 0.6 is 11.3 Å². The van der Waals surface area contributed by atoms with Crippen LogP contribution in [-0.2, 0) is 10.0 Å². The molecule has 152 valence electrons. The largest absolute Gasteiger partial charge is 0.346 e. The van der Waals surface area contributed by atoms with E-state index >= 15 is 0 Å². The highest BCUT2D eigenvalue weighted by atomic mass is 32.2. The van der Waals surface area contributed by atoms with Gasteiger partial charge in [-0.1, -0.05) is 29.8 Å². The third-order valence-corrected chi connectivity index (χ3v) is 8.00. The molecule has 3 aromatic rings. The van der Waals surface area contributed by atoms with Crippen molar-refractivity contribution in [3.8, 4) is 0 Å². The van der Waals surface area contributed by atoms with Crippen molar-refractivity contribution in [2.75, 3.05) is 11.4 Å². The van der Waals surface area contributed by atoms with Crippen LogP contribution in [0.3, 0.4) is 0 Å².